The monoisotopic (exact) mass is 196 g/mol. The van der Waals surface area contributed by atoms with E-state index in [9.17, 15) is 9.59 Å². The van der Waals surface area contributed by atoms with Crippen molar-refractivity contribution in [1.29, 1.82) is 0 Å². The van der Waals surface area contributed by atoms with Gasteiger partial charge in [0, 0.05) is 6.42 Å². The van der Waals surface area contributed by atoms with Crippen LogP contribution < -0.4 is 0 Å². The van der Waals surface area contributed by atoms with Crippen molar-refractivity contribution in [1.82, 2.24) is 0 Å². The van der Waals surface area contributed by atoms with Crippen molar-refractivity contribution in [3.63, 3.8) is 0 Å². The molecule has 3 nitrogen and oxygen atoms in total. The van der Waals surface area contributed by atoms with Crippen LogP contribution in [0.15, 0.2) is 12.2 Å². The molecule has 0 amide bonds. The van der Waals surface area contributed by atoms with Crippen molar-refractivity contribution in [3.8, 4) is 0 Å². The number of esters is 1. The van der Waals surface area contributed by atoms with Crippen LogP contribution in [0.3, 0.4) is 0 Å². The maximum atomic E-state index is 11.3. The first-order valence-corrected chi connectivity index (χ1v) is 4.73. The standard InChI is InChI=1S/C11H16O3/c1-11(2)8(6-4-5-7-12)9(11)10(13)14-3/h4,6-9H,5H2,1-3H3/b6-4+. The van der Waals surface area contributed by atoms with E-state index in [4.69, 9.17) is 4.74 Å². The van der Waals surface area contributed by atoms with E-state index in [2.05, 4.69) is 0 Å². The summed E-state index contributed by atoms with van der Waals surface area (Å²) in [7, 11) is 1.41. The van der Waals surface area contributed by atoms with Gasteiger partial charge >= 0.3 is 5.97 Å². The van der Waals surface area contributed by atoms with Gasteiger partial charge in [-0.05, 0) is 11.3 Å². The number of carbonyl (C=O) groups excluding carboxylic acids is 2. The van der Waals surface area contributed by atoms with E-state index in [1.807, 2.05) is 26.0 Å². The zero-order chi connectivity index (χ0) is 10.8. The molecule has 14 heavy (non-hydrogen) atoms. The predicted molar refractivity (Wildman–Crippen MR) is 52.6 cm³/mol. The average molecular weight is 196 g/mol. The van der Waals surface area contributed by atoms with Crippen molar-refractivity contribution in [2.24, 2.45) is 17.3 Å². The highest BCUT2D eigenvalue weighted by Gasteiger charge is 2.61. The lowest BCUT2D eigenvalue weighted by Gasteiger charge is -1.98. The Kier molecular flexibility index (Phi) is 3.09. The normalized spacial score (nSPS) is 28.8. The highest BCUT2D eigenvalue weighted by molar-refractivity contribution is 5.78. The highest BCUT2D eigenvalue weighted by atomic mass is 16.5. The van der Waals surface area contributed by atoms with Crippen LogP contribution in [0, 0.1) is 17.3 Å². The van der Waals surface area contributed by atoms with Gasteiger partial charge in [-0.25, -0.2) is 0 Å². The minimum Gasteiger partial charge on any atom is -0.469 e. The van der Waals surface area contributed by atoms with Gasteiger partial charge in [-0.15, -0.1) is 0 Å². The van der Waals surface area contributed by atoms with Crippen molar-refractivity contribution in [2.75, 3.05) is 7.11 Å². The Hall–Kier alpha value is -1.12. The topological polar surface area (TPSA) is 43.4 Å². The van der Waals surface area contributed by atoms with Gasteiger partial charge in [0.15, 0.2) is 0 Å². The van der Waals surface area contributed by atoms with Crippen LogP contribution in [0.1, 0.15) is 20.3 Å². The lowest BCUT2D eigenvalue weighted by Crippen LogP contribution is -2.07. The molecule has 0 aliphatic heterocycles. The molecule has 1 aliphatic carbocycles. The zero-order valence-electron chi connectivity index (χ0n) is 8.82. The Morgan fingerprint density at radius 3 is 2.64 bits per heavy atom. The van der Waals surface area contributed by atoms with Crippen molar-refractivity contribution >= 4 is 12.3 Å². The second-order valence-electron chi connectivity index (χ2n) is 4.18. The van der Waals surface area contributed by atoms with Gasteiger partial charge in [0.05, 0.1) is 13.0 Å². The third-order valence-corrected chi connectivity index (χ3v) is 2.94. The lowest BCUT2D eigenvalue weighted by molar-refractivity contribution is -0.143. The molecule has 2 unspecified atom stereocenters. The molecule has 0 spiro atoms. The smallest absolute Gasteiger partial charge is 0.309 e. The van der Waals surface area contributed by atoms with Crippen molar-refractivity contribution in [2.45, 2.75) is 20.3 Å². The highest BCUT2D eigenvalue weighted by Crippen LogP contribution is 2.59. The van der Waals surface area contributed by atoms with Crippen molar-refractivity contribution < 1.29 is 14.3 Å². The lowest BCUT2D eigenvalue weighted by atomic mass is 10.1. The van der Waals surface area contributed by atoms with Crippen LogP contribution in [0.5, 0.6) is 0 Å². The average Bonchev–Trinajstić information content (AvgIpc) is 2.68. The fourth-order valence-electron chi connectivity index (χ4n) is 1.89. The number of hydrogen-bond donors (Lipinski definition) is 0. The maximum Gasteiger partial charge on any atom is 0.309 e. The van der Waals surface area contributed by atoms with Crippen LogP contribution in [-0.4, -0.2) is 19.4 Å². The summed E-state index contributed by atoms with van der Waals surface area (Å²) in [6.07, 6.45) is 5.01. The van der Waals surface area contributed by atoms with Crippen LogP contribution in [0.2, 0.25) is 0 Å². The van der Waals surface area contributed by atoms with E-state index in [1.54, 1.807) is 0 Å². The molecule has 0 radical (unpaired) electrons. The molecule has 0 heterocycles. The molecule has 78 valence electrons. The summed E-state index contributed by atoms with van der Waals surface area (Å²) in [5.74, 6) is 0.0149. The number of aldehydes is 1. The van der Waals surface area contributed by atoms with Crippen molar-refractivity contribution in [3.05, 3.63) is 12.2 Å². The summed E-state index contributed by atoms with van der Waals surface area (Å²) in [6.45, 7) is 4.06. The van der Waals surface area contributed by atoms with Gasteiger partial charge < -0.3 is 9.53 Å². The first-order chi connectivity index (χ1) is 6.55. The first kappa shape index (κ1) is 11.0. The van der Waals surface area contributed by atoms with Crippen LogP contribution >= 0.6 is 0 Å². The Morgan fingerprint density at radius 1 is 1.50 bits per heavy atom. The zero-order valence-corrected chi connectivity index (χ0v) is 8.82. The minimum atomic E-state index is -0.157. The van der Waals surface area contributed by atoms with Crippen LogP contribution in [0.4, 0.5) is 0 Å². The second kappa shape index (κ2) is 3.95. The summed E-state index contributed by atoms with van der Waals surface area (Å²) in [4.78, 5) is 21.4. The summed E-state index contributed by atoms with van der Waals surface area (Å²) in [5, 5.41) is 0. The molecule has 0 N–H and O–H groups in total. The number of rotatable bonds is 4. The molecule has 1 aliphatic rings. The third-order valence-electron chi connectivity index (χ3n) is 2.94. The molecule has 1 saturated carbocycles. The Bertz CT molecular complexity index is 266. The van der Waals surface area contributed by atoms with Gasteiger partial charge in [0.25, 0.3) is 0 Å². The summed E-state index contributed by atoms with van der Waals surface area (Å²) in [6, 6.07) is 0. The summed E-state index contributed by atoms with van der Waals surface area (Å²) < 4.78 is 4.70. The number of ether oxygens (including phenoxy) is 1. The molecular weight excluding hydrogens is 180 g/mol. The molecule has 2 atom stereocenters. The molecule has 1 rings (SSSR count). The fraction of sp³-hybridized carbons (Fsp3) is 0.636. The molecule has 0 aromatic carbocycles. The first-order valence-electron chi connectivity index (χ1n) is 4.73. The number of allylic oxidation sites excluding steroid dienone is 2. The second-order valence-corrected chi connectivity index (χ2v) is 4.18. The maximum absolute atomic E-state index is 11.3. The molecule has 0 aromatic heterocycles. The predicted octanol–water partition coefficient (Wildman–Crippen LogP) is 1.58. The van der Waals surface area contributed by atoms with Gasteiger partial charge in [-0.1, -0.05) is 26.0 Å². The largest absolute Gasteiger partial charge is 0.469 e. The third kappa shape index (κ3) is 1.86. The Balaban J connectivity index is 2.57. The van der Waals surface area contributed by atoms with E-state index in [1.165, 1.54) is 7.11 Å². The molecule has 3 heteroatoms. The van der Waals surface area contributed by atoms with Crippen LogP contribution in [-0.2, 0) is 14.3 Å². The van der Waals surface area contributed by atoms with Gasteiger partial charge in [-0.2, -0.15) is 0 Å². The van der Waals surface area contributed by atoms with E-state index in [-0.39, 0.29) is 23.2 Å². The molecule has 0 saturated heterocycles. The van der Waals surface area contributed by atoms with E-state index < -0.39 is 0 Å². The summed E-state index contributed by atoms with van der Waals surface area (Å²) in [5.41, 5.74) is -0.0214. The van der Waals surface area contributed by atoms with E-state index in [0.717, 1.165) is 6.29 Å². The number of carbonyl (C=O) groups is 2. The van der Waals surface area contributed by atoms with Gasteiger partial charge in [0.2, 0.25) is 0 Å². The number of methoxy groups -OCH3 is 1. The van der Waals surface area contributed by atoms with E-state index >= 15 is 0 Å². The molecular formula is C11H16O3. The SMILES string of the molecule is COC(=O)C1C(/C=C/CC=O)C1(C)C. The van der Waals surface area contributed by atoms with E-state index in [0.29, 0.717) is 6.42 Å². The summed E-state index contributed by atoms with van der Waals surface area (Å²) >= 11 is 0. The van der Waals surface area contributed by atoms with Gasteiger partial charge in [-0.3, -0.25) is 4.79 Å². The molecule has 0 bridgehead atoms. The molecule has 1 fully saturated rings. The van der Waals surface area contributed by atoms with Crippen LogP contribution in [0.25, 0.3) is 0 Å². The Morgan fingerprint density at radius 2 is 2.14 bits per heavy atom. The minimum absolute atomic E-state index is 0.0214. The fourth-order valence-corrected chi connectivity index (χ4v) is 1.89. The van der Waals surface area contributed by atoms with Gasteiger partial charge in [0.1, 0.15) is 6.29 Å². The Labute approximate surface area is 84.1 Å². The number of hydrogen-bond acceptors (Lipinski definition) is 3. The molecule has 0 aromatic rings. The quantitative estimate of drug-likeness (QED) is 0.389.